The van der Waals surface area contributed by atoms with Crippen LogP contribution < -0.4 is 11.1 Å². The van der Waals surface area contributed by atoms with E-state index in [4.69, 9.17) is 16.9 Å². The molecule has 4 heteroatoms. The molecule has 0 aromatic carbocycles. The van der Waals surface area contributed by atoms with Crippen LogP contribution in [-0.4, -0.2) is 31.2 Å². The lowest BCUT2D eigenvalue weighted by atomic mass is 9.99. The van der Waals surface area contributed by atoms with E-state index in [0.717, 1.165) is 19.4 Å². The number of carbonyl (C=O) groups excluding carboxylic acids is 1. The fourth-order valence-corrected chi connectivity index (χ4v) is 1.96. The van der Waals surface area contributed by atoms with E-state index in [0.29, 0.717) is 12.5 Å². The maximum Gasteiger partial charge on any atom is 0.237 e. The molecule has 1 fully saturated rings. The number of hydrogen-bond donors (Lipinski definition) is 2. The van der Waals surface area contributed by atoms with Crippen molar-refractivity contribution in [2.45, 2.75) is 38.3 Å². The van der Waals surface area contributed by atoms with Gasteiger partial charge in [0.25, 0.3) is 0 Å². The summed E-state index contributed by atoms with van der Waals surface area (Å²) in [6.07, 6.45) is 7.64. The van der Waals surface area contributed by atoms with Crippen molar-refractivity contribution >= 4 is 5.91 Å². The van der Waals surface area contributed by atoms with E-state index in [1.165, 1.54) is 0 Å². The van der Waals surface area contributed by atoms with Crippen molar-refractivity contribution in [1.82, 2.24) is 5.32 Å². The quantitative estimate of drug-likeness (QED) is 0.659. The van der Waals surface area contributed by atoms with Crippen molar-refractivity contribution in [3.63, 3.8) is 0 Å². The molecular weight excluding hydrogens is 204 g/mol. The van der Waals surface area contributed by atoms with Crippen LogP contribution in [0.1, 0.15) is 26.2 Å². The van der Waals surface area contributed by atoms with Crippen molar-refractivity contribution in [1.29, 1.82) is 0 Å². The molecule has 1 rings (SSSR count). The number of carbonyl (C=O) groups is 1. The first-order valence-corrected chi connectivity index (χ1v) is 5.77. The summed E-state index contributed by atoms with van der Waals surface area (Å²) >= 11 is 0. The molecule has 1 saturated heterocycles. The van der Waals surface area contributed by atoms with Crippen LogP contribution in [0.15, 0.2) is 0 Å². The highest BCUT2D eigenvalue weighted by molar-refractivity contribution is 5.81. The number of terminal acetylenes is 1. The van der Waals surface area contributed by atoms with Crippen LogP contribution in [0.5, 0.6) is 0 Å². The molecule has 0 radical (unpaired) electrons. The lowest BCUT2D eigenvalue weighted by Crippen LogP contribution is -2.43. The second-order valence-electron chi connectivity index (χ2n) is 4.13. The Bertz CT molecular complexity index is 273. The van der Waals surface area contributed by atoms with Gasteiger partial charge in [0.2, 0.25) is 5.91 Å². The molecule has 3 atom stereocenters. The smallest absolute Gasteiger partial charge is 0.237 e. The molecule has 0 bridgehead atoms. The normalized spacial score (nSPS) is 26.1. The van der Waals surface area contributed by atoms with Crippen molar-refractivity contribution in [3.05, 3.63) is 0 Å². The minimum atomic E-state index is -0.590. The zero-order valence-electron chi connectivity index (χ0n) is 9.74. The summed E-state index contributed by atoms with van der Waals surface area (Å²) in [6.45, 7) is 3.51. The Hall–Kier alpha value is -1.05. The maximum atomic E-state index is 11.5. The minimum absolute atomic E-state index is 0.167. The second-order valence-corrected chi connectivity index (χ2v) is 4.13. The molecule has 3 unspecified atom stereocenters. The van der Waals surface area contributed by atoms with Crippen LogP contribution in [-0.2, 0) is 9.53 Å². The van der Waals surface area contributed by atoms with Crippen molar-refractivity contribution in [3.8, 4) is 12.3 Å². The zero-order valence-corrected chi connectivity index (χ0v) is 9.74. The van der Waals surface area contributed by atoms with E-state index >= 15 is 0 Å². The summed E-state index contributed by atoms with van der Waals surface area (Å²) in [5.41, 5.74) is 5.59. The van der Waals surface area contributed by atoms with Crippen LogP contribution in [0.2, 0.25) is 0 Å². The summed E-state index contributed by atoms with van der Waals surface area (Å²) < 4.78 is 5.54. The number of nitrogens with one attached hydrogen (secondary N) is 1. The fraction of sp³-hybridized carbons (Fsp3) is 0.750. The minimum Gasteiger partial charge on any atom is -0.378 e. The molecule has 16 heavy (non-hydrogen) atoms. The molecule has 0 aliphatic carbocycles. The predicted molar refractivity (Wildman–Crippen MR) is 62.6 cm³/mol. The van der Waals surface area contributed by atoms with Crippen molar-refractivity contribution in [2.24, 2.45) is 11.7 Å². The van der Waals surface area contributed by atoms with Crippen LogP contribution in [0.4, 0.5) is 0 Å². The lowest BCUT2D eigenvalue weighted by Gasteiger charge is -2.18. The molecule has 90 valence electrons. The van der Waals surface area contributed by atoms with Gasteiger partial charge in [0.1, 0.15) is 0 Å². The molecule has 1 aliphatic heterocycles. The van der Waals surface area contributed by atoms with Crippen molar-refractivity contribution < 1.29 is 9.53 Å². The fourth-order valence-electron chi connectivity index (χ4n) is 1.96. The summed E-state index contributed by atoms with van der Waals surface area (Å²) in [5.74, 6) is 2.63. The molecule has 0 spiro atoms. The van der Waals surface area contributed by atoms with Crippen LogP contribution in [0, 0.1) is 18.3 Å². The van der Waals surface area contributed by atoms with Crippen LogP contribution >= 0.6 is 0 Å². The van der Waals surface area contributed by atoms with Crippen LogP contribution in [0.3, 0.4) is 0 Å². The molecule has 4 nitrogen and oxygen atoms in total. The third kappa shape index (κ3) is 3.51. The van der Waals surface area contributed by atoms with E-state index in [9.17, 15) is 4.79 Å². The summed E-state index contributed by atoms with van der Waals surface area (Å²) in [5, 5.41) is 2.83. The van der Waals surface area contributed by atoms with Gasteiger partial charge in [-0.25, -0.2) is 0 Å². The Morgan fingerprint density at radius 3 is 3.12 bits per heavy atom. The molecular formula is C12H20N2O2. The van der Waals surface area contributed by atoms with Gasteiger partial charge in [-0.1, -0.05) is 6.92 Å². The standard InChI is InChI=1S/C12H20N2O2/c1-3-5-10(13)12(15)14-8-9-6-7-16-11(9)4-2/h1,9-11H,4-8,13H2,2H3,(H,14,15). The third-order valence-electron chi connectivity index (χ3n) is 2.96. The first kappa shape index (κ1) is 13.0. The molecule has 1 aliphatic rings. The van der Waals surface area contributed by atoms with Gasteiger partial charge < -0.3 is 15.8 Å². The van der Waals surface area contributed by atoms with Gasteiger partial charge in [-0.15, -0.1) is 12.3 Å². The molecule has 3 N–H and O–H groups in total. The summed E-state index contributed by atoms with van der Waals surface area (Å²) in [4.78, 5) is 11.5. The van der Waals surface area contributed by atoms with Crippen molar-refractivity contribution in [2.75, 3.05) is 13.2 Å². The third-order valence-corrected chi connectivity index (χ3v) is 2.96. The average Bonchev–Trinajstić information content (AvgIpc) is 2.73. The van der Waals surface area contributed by atoms with Gasteiger partial charge in [-0.05, 0) is 12.8 Å². The maximum absolute atomic E-state index is 11.5. The van der Waals surface area contributed by atoms with E-state index in [1.54, 1.807) is 0 Å². The molecule has 1 amide bonds. The predicted octanol–water partition coefficient (Wildman–Crippen LogP) is 0.268. The monoisotopic (exact) mass is 224 g/mol. The Labute approximate surface area is 96.9 Å². The van der Waals surface area contributed by atoms with Gasteiger partial charge in [0, 0.05) is 25.5 Å². The average molecular weight is 224 g/mol. The molecule has 1 heterocycles. The SMILES string of the molecule is C#CCC(N)C(=O)NCC1CCOC1CC. The first-order chi connectivity index (χ1) is 7.69. The topological polar surface area (TPSA) is 64.4 Å². The van der Waals surface area contributed by atoms with E-state index in [2.05, 4.69) is 18.2 Å². The number of hydrogen-bond acceptors (Lipinski definition) is 3. The van der Waals surface area contributed by atoms with E-state index in [1.807, 2.05) is 0 Å². The van der Waals surface area contributed by atoms with E-state index in [-0.39, 0.29) is 18.4 Å². The van der Waals surface area contributed by atoms with Gasteiger partial charge >= 0.3 is 0 Å². The van der Waals surface area contributed by atoms with Crippen LogP contribution in [0.25, 0.3) is 0 Å². The Morgan fingerprint density at radius 1 is 1.75 bits per heavy atom. The van der Waals surface area contributed by atoms with E-state index < -0.39 is 6.04 Å². The number of rotatable bonds is 5. The summed E-state index contributed by atoms with van der Waals surface area (Å²) in [6, 6.07) is -0.590. The van der Waals surface area contributed by atoms with Gasteiger partial charge in [-0.2, -0.15) is 0 Å². The Morgan fingerprint density at radius 2 is 2.50 bits per heavy atom. The van der Waals surface area contributed by atoms with Gasteiger partial charge in [0.15, 0.2) is 0 Å². The lowest BCUT2D eigenvalue weighted by molar-refractivity contribution is -0.122. The number of ether oxygens (including phenoxy) is 1. The second kappa shape index (κ2) is 6.51. The highest BCUT2D eigenvalue weighted by atomic mass is 16.5. The molecule has 0 aromatic rings. The Kier molecular flexibility index (Phi) is 5.30. The largest absolute Gasteiger partial charge is 0.378 e. The highest BCUT2D eigenvalue weighted by Gasteiger charge is 2.27. The number of nitrogens with two attached hydrogens (primary N) is 1. The number of amides is 1. The zero-order chi connectivity index (χ0) is 12.0. The Balaban J connectivity index is 2.29. The molecule has 0 aromatic heterocycles. The van der Waals surface area contributed by atoms with Gasteiger partial charge in [0.05, 0.1) is 12.1 Å². The molecule has 0 saturated carbocycles. The van der Waals surface area contributed by atoms with Gasteiger partial charge in [-0.3, -0.25) is 4.79 Å². The summed E-state index contributed by atoms with van der Waals surface area (Å²) in [7, 11) is 0. The first-order valence-electron chi connectivity index (χ1n) is 5.77. The highest BCUT2D eigenvalue weighted by Crippen LogP contribution is 2.22.